The quantitative estimate of drug-likeness (QED) is 0.678. The van der Waals surface area contributed by atoms with Crippen molar-refractivity contribution in [3.05, 3.63) is 28.8 Å². The van der Waals surface area contributed by atoms with Gasteiger partial charge in [0.2, 0.25) is 0 Å². The predicted octanol–water partition coefficient (Wildman–Crippen LogP) is 5.04. The van der Waals surface area contributed by atoms with Gasteiger partial charge in [-0.25, -0.2) is 0 Å². The highest BCUT2D eigenvalue weighted by Crippen LogP contribution is 2.31. The van der Waals surface area contributed by atoms with E-state index in [1.165, 1.54) is 0 Å². The van der Waals surface area contributed by atoms with Crippen molar-refractivity contribution in [1.82, 2.24) is 0 Å². The van der Waals surface area contributed by atoms with Crippen LogP contribution in [-0.4, -0.2) is 6.61 Å². The Balaban J connectivity index is 2.86. The van der Waals surface area contributed by atoms with Crippen LogP contribution in [-0.2, 0) is 0 Å². The van der Waals surface area contributed by atoms with E-state index in [1.807, 2.05) is 18.2 Å². The summed E-state index contributed by atoms with van der Waals surface area (Å²) in [5, 5.41) is 0.754. The molecule has 0 bridgehead atoms. The van der Waals surface area contributed by atoms with Crippen molar-refractivity contribution < 1.29 is 4.74 Å². The largest absolute Gasteiger partial charge is 0.493 e. The third-order valence-electron chi connectivity index (χ3n) is 2.67. The van der Waals surface area contributed by atoms with Crippen molar-refractivity contribution >= 4 is 11.6 Å². The highest BCUT2D eigenvalue weighted by atomic mass is 35.5. The van der Waals surface area contributed by atoms with E-state index >= 15 is 0 Å². The summed E-state index contributed by atoms with van der Waals surface area (Å²) < 4.78 is 5.76. The lowest BCUT2D eigenvalue weighted by Crippen LogP contribution is -2.01. The van der Waals surface area contributed by atoms with Gasteiger partial charge in [-0.3, -0.25) is 0 Å². The summed E-state index contributed by atoms with van der Waals surface area (Å²) in [6, 6.07) is 5.82. The van der Waals surface area contributed by atoms with E-state index in [0.717, 1.165) is 42.2 Å². The average molecular weight is 265 g/mol. The van der Waals surface area contributed by atoms with Gasteiger partial charge in [-0.1, -0.05) is 32.4 Å². The number of hydrogen-bond donors (Lipinski definition) is 0. The van der Waals surface area contributed by atoms with Crippen LogP contribution in [0.4, 0.5) is 0 Å². The van der Waals surface area contributed by atoms with Crippen molar-refractivity contribution in [2.45, 2.75) is 46.0 Å². The molecule has 0 aromatic heterocycles. The van der Waals surface area contributed by atoms with E-state index in [2.05, 4.69) is 32.6 Å². The van der Waals surface area contributed by atoms with Crippen LogP contribution >= 0.6 is 11.6 Å². The van der Waals surface area contributed by atoms with E-state index in [4.69, 9.17) is 16.3 Å². The van der Waals surface area contributed by atoms with Crippen LogP contribution < -0.4 is 4.74 Å². The maximum atomic E-state index is 6.06. The fraction of sp³-hybridized carbons (Fsp3) is 0.500. The Hall–Kier alpha value is -1.13. The Morgan fingerprint density at radius 1 is 1.28 bits per heavy atom. The van der Waals surface area contributed by atoms with Gasteiger partial charge in [0, 0.05) is 17.9 Å². The molecule has 1 nitrogen and oxygen atoms in total. The maximum Gasteiger partial charge on any atom is 0.122 e. The Bertz CT molecular complexity index is 428. The SMILES string of the molecule is CCC#CCC(C)c1cc(Cl)ccc1OCCC. The number of rotatable bonds is 5. The van der Waals surface area contributed by atoms with Gasteiger partial charge >= 0.3 is 0 Å². The second-order valence-electron chi connectivity index (χ2n) is 4.34. The highest BCUT2D eigenvalue weighted by Gasteiger charge is 2.11. The minimum Gasteiger partial charge on any atom is -0.493 e. The van der Waals surface area contributed by atoms with Gasteiger partial charge in [0.1, 0.15) is 5.75 Å². The van der Waals surface area contributed by atoms with E-state index in [-0.39, 0.29) is 0 Å². The number of benzene rings is 1. The summed E-state index contributed by atoms with van der Waals surface area (Å²) in [4.78, 5) is 0. The van der Waals surface area contributed by atoms with E-state index in [9.17, 15) is 0 Å². The lowest BCUT2D eigenvalue weighted by molar-refractivity contribution is 0.312. The third kappa shape index (κ3) is 4.63. The molecule has 0 fully saturated rings. The van der Waals surface area contributed by atoms with Gasteiger partial charge in [0.25, 0.3) is 0 Å². The fourth-order valence-electron chi connectivity index (χ4n) is 1.71. The predicted molar refractivity (Wildman–Crippen MR) is 78.3 cm³/mol. The van der Waals surface area contributed by atoms with Crippen LogP contribution in [0.5, 0.6) is 5.75 Å². The molecule has 18 heavy (non-hydrogen) atoms. The van der Waals surface area contributed by atoms with Crippen LogP contribution in [0.15, 0.2) is 18.2 Å². The first kappa shape index (κ1) is 14.9. The van der Waals surface area contributed by atoms with Crippen molar-refractivity contribution in [2.24, 2.45) is 0 Å². The zero-order chi connectivity index (χ0) is 13.4. The zero-order valence-electron chi connectivity index (χ0n) is 11.4. The smallest absolute Gasteiger partial charge is 0.122 e. The minimum absolute atomic E-state index is 0.342. The first-order valence-electron chi connectivity index (χ1n) is 6.57. The zero-order valence-corrected chi connectivity index (χ0v) is 12.2. The van der Waals surface area contributed by atoms with Crippen LogP contribution in [0.3, 0.4) is 0 Å². The van der Waals surface area contributed by atoms with Gasteiger partial charge < -0.3 is 4.74 Å². The van der Waals surface area contributed by atoms with Crippen molar-refractivity contribution in [3.8, 4) is 17.6 Å². The minimum atomic E-state index is 0.342. The molecule has 2 heteroatoms. The lowest BCUT2D eigenvalue weighted by Gasteiger charge is -2.15. The first-order valence-corrected chi connectivity index (χ1v) is 6.94. The molecule has 0 aliphatic carbocycles. The van der Waals surface area contributed by atoms with Gasteiger partial charge in [0.15, 0.2) is 0 Å². The van der Waals surface area contributed by atoms with Crippen molar-refractivity contribution in [1.29, 1.82) is 0 Å². The molecule has 1 aromatic rings. The Morgan fingerprint density at radius 3 is 2.72 bits per heavy atom. The normalized spacial score (nSPS) is 11.6. The first-order chi connectivity index (χ1) is 8.69. The number of halogens is 1. The van der Waals surface area contributed by atoms with Crippen LogP contribution in [0.1, 0.15) is 51.5 Å². The van der Waals surface area contributed by atoms with E-state index < -0.39 is 0 Å². The highest BCUT2D eigenvalue weighted by molar-refractivity contribution is 6.30. The van der Waals surface area contributed by atoms with E-state index in [0.29, 0.717) is 5.92 Å². The van der Waals surface area contributed by atoms with Gasteiger partial charge in [0.05, 0.1) is 6.61 Å². The van der Waals surface area contributed by atoms with E-state index in [1.54, 1.807) is 0 Å². The molecule has 0 radical (unpaired) electrons. The van der Waals surface area contributed by atoms with Gasteiger partial charge in [-0.05, 0) is 36.1 Å². The van der Waals surface area contributed by atoms with Gasteiger partial charge in [-0.15, -0.1) is 11.8 Å². The summed E-state index contributed by atoms with van der Waals surface area (Å²) >= 11 is 6.06. The molecule has 98 valence electrons. The Morgan fingerprint density at radius 2 is 2.06 bits per heavy atom. The number of ether oxygens (including phenoxy) is 1. The molecule has 0 spiro atoms. The molecule has 1 unspecified atom stereocenters. The monoisotopic (exact) mass is 264 g/mol. The average Bonchev–Trinajstić information content (AvgIpc) is 2.37. The second kappa shape index (κ2) is 8.06. The fourth-order valence-corrected chi connectivity index (χ4v) is 1.89. The topological polar surface area (TPSA) is 9.23 Å². The standard InChI is InChI=1S/C16H21ClO/c1-4-6-7-8-13(3)15-12-14(17)9-10-16(15)18-11-5-2/h9-10,12-13H,4-5,8,11H2,1-3H3. The molecular formula is C16H21ClO. The summed E-state index contributed by atoms with van der Waals surface area (Å²) in [5.74, 6) is 7.57. The lowest BCUT2D eigenvalue weighted by atomic mass is 9.97. The summed E-state index contributed by atoms with van der Waals surface area (Å²) in [6.45, 7) is 7.06. The summed E-state index contributed by atoms with van der Waals surface area (Å²) in [6.07, 6.45) is 2.75. The molecule has 0 heterocycles. The van der Waals surface area contributed by atoms with Crippen LogP contribution in [0.25, 0.3) is 0 Å². The van der Waals surface area contributed by atoms with Crippen LogP contribution in [0.2, 0.25) is 5.02 Å². The van der Waals surface area contributed by atoms with Crippen molar-refractivity contribution in [2.75, 3.05) is 6.61 Å². The molecule has 0 N–H and O–H groups in total. The molecule has 0 saturated carbocycles. The molecule has 1 aromatic carbocycles. The second-order valence-corrected chi connectivity index (χ2v) is 4.78. The molecule has 0 saturated heterocycles. The molecule has 0 amide bonds. The van der Waals surface area contributed by atoms with Crippen LogP contribution in [0, 0.1) is 11.8 Å². The molecule has 0 aliphatic heterocycles. The third-order valence-corrected chi connectivity index (χ3v) is 2.91. The molecule has 1 atom stereocenters. The number of hydrogen-bond acceptors (Lipinski definition) is 1. The molecule has 0 aliphatic rings. The van der Waals surface area contributed by atoms with Crippen molar-refractivity contribution in [3.63, 3.8) is 0 Å². The Labute approximate surface area is 115 Å². The molecule has 1 rings (SSSR count). The summed E-state index contributed by atoms with van der Waals surface area (Å²) in [5.41, 5.74) is 1.15. The van der Waals surface area contributed by atoms with Gasteiger partial charge in [-0.2, -0.15) is 0 Å². The maximum absolute atomic E-state index is 6.06. The summed E-state index contributed by atoms with van der Waals surface area (Å²) in [7, 11) is 0. The molecular weight excluding hydrogens is 244 g/mol. The Kier molecular flexibility index (Phi) is 6.68.